The average Bonchev–Trinajstić information content (AvgIpc) is 2.16. The van der Waals surface area contributed by atoms with Crippen molar-refractivity contribution in [2.24, 2.45) is 5.73 Å². The second-order valence-electron chi connectivity index (χ2n) is 3.14. The van der Waals surface area contributed by atoms with Crippen molar-refractivity contribution in [3.05, 3.63) is 30.3 Å². The second kappa shape index (κ2) is 5.92. The summed E-state index contributed by atoms with van der Waals surface area (Å²) < 4.78 is 4.09. The molecule has 0 spiro atoms. The Bertz CT molecular complexity index is 353. The largest absolute Gasteiger partial charge is 0.483 e. The number of nitrogens with two attached hydrogens (primary N) is 1. The van der Waals surface area contributed by atoms with Crippen molar-refractivity contribution in [2.45, 2.75) is 16.3 Å². The van der Waals surface area contributed by atoms with Gasteiger partial charge in [-0.25, -0.2) is 0 Å². The summed E-state index contributed by atoms with van der Waals surface area (Å²) in [4.78, 5) is 0.162. The molecule has 0 aliphatic carbocycles. The van der Waals surface area contributed by atoms with E-state index in [1.54, 1.807) is 12.1 Å². The summed E-state index contributed by atoms with van der Waals surface area (Å²) in [6, 6.07) is 9.10. The number of thiocarbonyl (C=S) groups is 1. The first-order chi connectivity index (χ1) is 7.38. The zero-order chi connectivity index (χ0) is 12.2. The van der Waals surface area contributed by atoms with Gasteiger partial charge in [0, 0.05) is 6.42 Å². The molecule has 0 heterocycles. The third-order valence-corrected chi connectivity index (χ3v) is 2.48. The van der Waals surface area contributed by atoms with Gasteiger partial charge in [-0.1, -0.05) is 65.2 Å². The molecule has 0 aromatic heterocycles. The van der Waals surface area contributed by atoms with Gasteiger partial charge in [-0.15, -0.1) is 0 Å². The van der Waals surface area contributed by atoms with E-state index in [9.17, 15) is 0 Å². The van der Waals surface area contributed by atoms with Crippen molar-refractivity contribution in [3.63, 3.8) is 0 Å². The molecular weight excluding hydrogens is 289 g/mol. The van der Waals surface area contributed by atoms with Crippen molar-refractivity contribution in [3.8, 4) is 5.75 Å². The van der Waals surface area contributed by atoms with Crippen LogP contribution in [0.4, 0.5) is 0 Å². The predicted molar refractivity (Wildman–Crippen MR) is 72.6 cm³/mol. The smallest absolute Gasteiger partial charge is 0.194 e. The lowest BCUT2D eigenvalue weighted by Crippen LogP contribution is -2.35. The Balaban J connectivity index is 2.70. The zero-order valence-electron chi connectivity index (χ0n) is 8.20. The summed E-state index contributed by atoms with van der Waals surface area (Å²) in [5, 5.41) is 0. The Morgan fingerprint density at radius 2 is 1.88 bits per heavy atom. The van der Waals surface area contributed by atoms with E-state index < -0.39 is 9.90 Å². The lowest BCUT2D eigenvalue weighted by atomic mass is 10.2. The molecule has 0 saturated heterocycles. The topological polar surface area (TPSA) is 35.2 Å². The van der Waals surface area contributed by atoms with Gasteiger partial charge in [0.15, 0.2) is 9.90 Å². The van der Waals surface area contributed by atoms with Gasteiger partial charge in [-0.3, -0.25) is 0 Å². The van der Waals surface area contributed by atoms with Crippen molar-refractivity contribution in [2.75, 3.05) is 0 Å². The van der Waals surface area contributed by atoms with E-state index in [2.05, 4.69) is 0 Å². The van der Waals surface area contributed by atoms with Gasteiger partial charge in [0.1, 0.15) is 10.7 Å². The molecule has 0 saturated carbocycles. The van der Waals surface area contributed by atoms with Crippen LogP contribution in [0.15, 0.2) is 30.3 Å². The van der Waals surface area contributed by atoms with E-state index in [1.807, 2.05) is 18.2 Å². The maximum Gasteiger partial charge on any atom is 0.194 e. The van der Waals surface area contributed by atoms with Crippen LogP contribution in [-0.4, -0.2) is 14.9 Å². The Kier molecular flexibility index (Phi) is 5.12. The van der Waals surface area contributed by atoms with Crippen LogP contribution < -0.4 is 10.5 Å². The van der Waals surface area contributed by atoms with E-state index >= 15 is 0 Å². The highest BCUT2D eigenvalue weighted by molar-refractivity contribution is 7.80. The van der Waals surface area contributed by atoms with Crippen LogP contribution in [0.2, 0.25) is 0 Å². The van der Waals surface area contributed by atoms with Crippen molar-refractivity contribution >= 4 is 52.0 Å². The quantitative estimate of drug-likeness (QED) is 0.683. The number of halogens is 3. The molecule has 1 rings (SSSR count). The fraction of sp³-hybridized carbons (Fsp3) is 0.300. The Hall–Kier alpha value is -0.220. The normalized spacial score (nSPS) is 13.2. The van der Waals surface area contributed by atoms with Gasteiger partial charge in [0.25, 0.3) is 0 Å². The summed E-state index contributed by atoms with van der Waals surface area (Å²) in [5.74, 6) is 0.634. The average molecular weight is 299 g/mol. The minimum Gasteiger partial charge on any atom is -0.483 e. The van der Waals surface area contributed by atoms with Crippen LogP contribution in [0, 0.1) is 0 Å². The molecule has 1 aromatic carbocycles. The number of alkyl halides is 3. The summed E-state index contributed by atoms with van der Waals surface area (Å²) in [7, 11) is 0. The molecule has 6 heteroatoms. The molecular formula is C10H10Cl3NOS. The lowest BCUT2D eigenvalue weighted by Gasteiger charge is -2.21. The highest BCUT2D eigenvalue weighted by Crippen LogP contribution is 2.32. The highest BCUT2D eigenvalue weighted by Gasteiger charge is 2.28. The molecule has 1 unspecified atom stereocenters. The zero-order valence-corrected chi connectivity index (χ0v) is 11.3. The molecule has 0 aliphatic rings. The van der Waals surface area contributed by atoms with Gasteiger partial charge in [-0.05, 0) is 12.1 Å². The van der Waals surface area contributed by atoms with Gasteiger partial charge < -0.3 is 10.5 Å². The highest BCUT2D eigenvalue weighted by atomic mass is 35.6. The molecule has 0 radical (unpaired) electrons. The van der Waals surface area contributed by atoms with Crippen LogP contribution in [0.1, 0.15) is 6.42 Å². The summed E-state index contributed by atoms with van der Waals surface area (Å²) in [6.07, 6.45) is -0.480. The Morgan fingerprint density at radius 3 is 2.31 bits per heavy atom. The fourth-order valence-electron chi connectivity index (χ4n) is 1.07. The van der Waals surface area contributed by atoms with E-state index in [0.29, 0.717) is 5.75 Å². The number of hydrogen-bond acceptors (Lipinski definition) is 2. The fourth-order valence-corrected chi connectivity index (χ4v) is 1.63. The Morgan fingerprint density at radius 1 is 1.31 bits per heavy atom. The lowest BCUT2D eigenvalue weighted by molar-refractivity contribution is 0.259. The maximum absolute atomic E-state index is 5.67. The summed E-state index contributed by atoms with van der Waals surface area (Å²) in [5.41, 5.74) is 5.52. The number of hydrogen-bond donors (Lipinski definition) is 1. The Labute approximate surface area is 115 Å². The number of para-hydroxylation sites is 1. The van der Waals surface area contributed by atoms with Gasteiger partial charge in [0.2, 0.25) is 0 Å². The molecule has 0 bridgehead atoms. The van der Waals surface area contributed by atoms with Gasteiger partial charge >= 0.3 is 0 Å². The first-order valence-electron chi connectivity index (χ1n) is 4.46. The van der Waals surface area contributed by atoms with Crippen LogP contribution >= 0.6 is 47.0 Å². The number of ether oxygens (including phenoxy) is 1. The van der Waals surface area contributed by atoms with Gasteiger partial charge in [-0.2, -0.15) is 0 Å². The third-order valence-electron chi connectivity index (χ3n) is 1.76. The molecule has 0 amide bonds. The molecule has 2 N–H and O–H groups in total. The summed E-state index contributed by atoms with van der Waals surface area (Å²) >= 11 is 21.9. The van der Waals surface area contributed by atoms with Crippen LogP contribution in [-0.2, 0) is 0 Å². The van der Waals surface area contributed by atoms with Crippen molar-refractivity contribution in [1.29, 1.82) is 0 Å². The predicted octanol–water partition coefficient (Wildman–Crippen LogP) is 3.48. The third kappa shape index (κ3) is 5.21. The summed E-state index contributed by atoms with van der Waals surface area (Å²) in [6.45, 7) is 0. The van der Waals surface area contributed by atoms with Crippen LogP contribution in [0.25, 0.3) is 0 Å². The number of benzene rings is 1. The molecule has 0 aliphatic heterocycles. The molecule has 0 fully saturated rings. The SMILES string of the molecule is NC(=S)C(CC(Cl)(Cl)Cl)Oc1ccccc1. The van der Waals surface area contributed by atoms with Crippen LogP contribution in [0.5, 0.6) is 5.75 Å². The van der Waals surface area contributed by atoms with Crippen molar-refractivity contribution < 1.29 is 4.74 Å². The molecule has 1 aromatic rings. The van der Waals surface area contributed by atoms with E-state index in [-0.39, 0.29) is 11.4 Å². The van der Waals surface area contributed by atoms with E-state index in [1.165, 1.54) is 0 Å². The molecule has 16 heavy (non-hydrogen) atoms. The number of rotatable bonds is 4. The first-order valence-corrected chi connectivity index (χ1v) is 6.00. The van der Waals surface area contributed by atoms with Crippen molar-refractivity contribution in [1.82, 2.24) is 0 Å². The minimum atomic E-state index is -1.44. The molecule has 2 nitrogen and oxygen atoms in total. The molecule has 88 valence electrons. The maximum atomic E-state index is 5.67. The minimum absolute atomic E-state index is 0.113. The van der Waals surface area contributed by atoms with E-state index in [4.69, 9.17) is 57.5 Å². The van der Waals surface area contributed by atoms with Crippen LogP contribution in [0.3, 0.4) is 0 Å². The van der Waals surface area contributed by atoms with Gasteiger partial charge in [0.05, 0.1) is 0 Å². The monoisotopic (exact) mass is 297 g/mol. The second-order valence-corrected chi connectivity index (χ2v) is 6.13. The first kappa shape index (κ1) is 13.8. The molecule has 1 atom stereocenters. The van der Waals surface area contributed by atoms with E-state index in [0.717, 1.165) is 0 Å². The standard InChI is InChI=1S/C10H10Cl3NOS/c11-10(12,13)6-8(9(14)16)15-7-4-2-1-3-5-7/h1-5,8H,6H2,(H2,14,16).